The van der Waals surface area contributed by atoms with Gasteiger partial charge in [0.05, 0.1) is 31.8 Å². The van der Waals surface area contributed by atoms with Crippen molar-refractivity contribution in [3.05, 3.63) is 34.3 Å². The summed E-state index contributed by atoms with van der Waals surface area (Å²) in [6, 6.07) is 5.40. The van der Waals surface area contributed by atoms with Crippen LogP contribution in [0.25, 0.3) is 0 Å². The van der Waals surface area contributed by atoms with Crippen molar-refractivity contribution < 1.29 is 14.3 Å². The van der Waals surface area contributed by atoms with Crippen LogP contribution in [0.4, 0.5) is 0 Å². The number of benzene rings is 1. The van der Waals surface area contributed by atoms with E-state index >= 15 is 0 Å². The second-order valence-electron chi connectivity index (χ2n) is 4.43. The lowest BCUT2D eigenvalue weighted by Gasteiger charge is -2.39. The van der Waals surface area contributed by atoms with Gasteiger partial charge in [-0.25, -0.2) is 0 Å². The number of hydrogen-bond donors (Lipinski definition) is 1. The Morgan fingerprint density at radius 1 is 1.56 bits per heavy atom. The number of ether oxygens (including phenoxy) is 2. The lowest BCUT2D eigenvalue weighted by atomic mass is 9.85. The average Bonchev–Trinajstić information content (AvgIpc) is 2.26. The van der Waals surface area contributed by atoms with Crippen LogP contribution >= 0.6 is 11.6 Å². The summed E-state index contributed by atoms with van der Waals surface area (Å²) in [4.78, 5) is 11.6. The molecular formula is C13H16ClNO3. The van der Waals surface area contributed by atoms with E-state index < -0.39 is 5.54 Å². The smallest absolute Gasteiger partial charge is 0.310 e. The lowest BCUT2D eigenvalue weighted by molar-refractivity contribution is -0.142. The highest BCUT2D eigenvalue weighted by molar-refractivity contribution is 6.30. The number of carbonyl (C=O) groups is 1. The number of carbonyl (C=O) groups excluding carboxylic acids is 1. The molecule has 1 aliphatic heterocycles. The first-order valence-electron chi connectivity index (χ1n) is 5.86. The molecule has 18 heavy (non-hydrogen) atoms. The Morgan fingerprint density at radius 3 is 2.83 bits per heavy atom. The molecule has 0 bridgehead atoms. The Hall–Kier alpha value is -1.10. The minimum Gasteiger partial charge on any atom is -0.466 e. The molecule has 98 valence electrons. The summed E-state index contributed by atoms with van der Waals surface area (Å²) in [5, 5.41) is 0.585. The maximum absolute atomic E-state index is 11.6. The van der Waals surface area contributed by atoms with Gasteiger partial charge in [0.15, 0.2) is 0 Å². The van der Waals surface area contributed by atoms with Gasteiger partial charge in [-0.3, -0.25) is 4.79 Å². The Morgan fingerprint density at radius 2 is 2.28 bits per heavy atom. The minimum atomic E-state index is -0.508. The molecular weight excluding hydrogens is 254 g/mol. The van der Waals surface area contributed by atoms with Gasteiger partial charge in [0.1, 0.15) is 0 Å². The Balaban J connectivity index is 2.26. The molecule has 0 saturated carbocycles. The van der Waals surface area contributed by atoms with Gasteiger partial charge < -0.3 is 15.2 Å². The van der Waals surface area contributed by atoms with Crippen molar-refractivity contribution in [1.82, 2.24) is 0 Å². The first-order chi connectivity index (χ1) is 8.55. The monoisotopic (exact) mass is 269 g/mol. The average molecular weight is 270 g/mol. The number of halogens is 1. The first-order valence-corrected chi connectivity index (χ1v) is 6.24. The van der Waals surface area contributed by atoms with Crippen LogP contribution in [0.15, 0.2) is 18.2 Å². The zero-order valence-electron chi connectivity index (χ0n) is 10.2. The van der Waals surface area contributed by atoms with Crippen LogP contribution in [0.5, 0.6) is 0 Å². The van der Waals surface area contributed by atoms with Crippen molar-refractivity contribution in [2.75, 3.05) is 19.8 Å². The normalized spacial score (nSPS) is 17.1. The maximum Gasteiger partial charge on any atom is 0.310 e. The molecule has 1 fully saturated rings. The van der Waals surface area contributed by atoms with E-state index in [9.17, 15) is 4.79 Å². The zero-order valence-corrected chi connectivity index (χ0v) is 11.0. The van der Waals surface area contributed by atoms with Gasteiger partial charge in [-0.05, 0) is 30.2 Å². The summed E-state index contributed by atoms with van der Waals surface area (Å²) < 4.78 is 10.1. The molecule has 0 aromatic heterocycles. The van der Waals surface area contributed by atoms with E-state index in [1.165, 1.54) is 0 Å². The molecule has 1 saturated heterocycles. The summed E-state index contributed by atoms with van der Waals surface area (Å²) in [6.07, 6.45) is 0.183. The van der Waals surface area contributed by atoms with Crippen LogP contribution in [0.3, 0.4) is 0 Å². The maximum atomic E-state index is 11.6. The van der Waals surface area contributed by atoms with Gasteiger partial charge in [-0.15, -0.1) is 0 Å². The third-order valence-electron chi connectivity index (χ3n) is 2.96. The highest BCUT2D eigenvalue weighted by Gasteiger charge is 2.38. The van der Waals surface area contributed by atoms with Crippen molar-refractivity contribution in [3.8, 4) is 0 Å². The predicted octanol–water partition coefficient (Wildman–Crippen LogP) is 1.63. The third-order valence-corrected chi connectivity index (χ3v) is 3.20. The number of hydrogen-bond acceptors (Lipinski definition) is 4. The van der Waals surface area contributed by atoms with Crippen LogP contribution < -0.4 is 5.73 Å². The van der Waals surface area contributed by atoms with E-state index in [0.29, 0.717) is 24.8 Å². The number of rotatable bonds is 4. The quantitative estimate of drug-likeness (QED) is 0.844. The molecule has 2 rings (SSSR count). The van der Waals surface area contributed by atoms with Crippen LogP contribution in [-0.4, -0.2) is 25.8 Å². The Bertz CT molecular complexity index is 458. The summed E-state index contributed by atoms with van der Waals surface area (Å²) >= 11 is 5.96. The van der Waals surface area contributed by atoms with Gasteiger partial charge >= 0.3 is 5.97 Å². The summed E-state index contributed by atoms with van der Waals surface area (Å²) in [5.74, 6) is -0.273. The largest absolute Gasteiger partial charge is 0.466 e. The molecule has 0 amide bonds. The van der Waals surface area contributed by atoms with Crippen LogP contribution in [-0.2, 0) is 26.2 Å². The van der Waals surface area contributed by atoms with Crippen molar-refractivity contribution in [2.45, 2.75) is 18.9 Å². The van der Waals surface area contributed by atoms with E-state index in [2.05, 4.69) is 0 Å². The molecule has 4 nitrogen and oxygen atoms in total. The molecule has 1 aromatic rings. The number of esters is 1. The van der Waals surface area contributed by atoms with E-state index in [1.54, 1.807) is 19.1 Å². The first kappa shape index (κ1) is 13.3. The van der Waals surface area contributed by atoms with E-state index in [1.807, 2.05) is 6.07 Å². The van der Waals surface area contributed by atoms with Crippen molar-refractivity contribution in [1.29, 1.82) is 0 Å². The topological polar surface area (TPSA) is 61.5 Å². The van der Waals surface area contributed by atoms with Crippen LogP contribution in [0, 0.1) is 0 Å². The standard InChI is InChI=1S/C13H16ClNO3/c1-2-18-12(16)6-9-5-10(14)3-4-11(9)13(15)7-17-8-13/h3-5H,2,6-8,15H2,1H3. The SMILES string of the molecule is CCOC(=O)Cc1cc(Cl)ccc1C1(N)COC1. The molecule has 5 heteroatoms. The minimum absolute atomic E-state index is 0.183. The van der Waals surface area contributed by atoms with Crippen LogP contribution in [0.2, 0.25) is 5.02 Å². The summed E-state index contributed by atoms with van der Waals surface area (Å²) in [7, 11) is 0. The third kappa shape index (κ3) is 2.66. The lowest BCUT2D eigenvalue weighted by Crippen LogP contribution is -2.54. The van der Waals surface area contributed by atoms with Gasteiger partial charge in [0.2, 0.25) is 0 Å². The fourth-order valence-electron chi connectivity index (χ4n) is 2.04. The highest BCUT2D eigenvalue weighted by Crippen LogP contribution is 2.31. The molecule has 0 atom stereocenters. The fourth-order valence-corrected chi connectivity index (χ4v) is 2.23. The molecule has 0 radical (unpaired) electrons. The van der Waals surface area contributed by atoms with Gasteiger partial charge in [0.25, 0.3) is 0 Å². The summed E-state index contributed by atoms with van der Waals surface area (Å²) in [5.41, 5.74) is 7.42. The molecule has 0 unspecified atom stereocenters. The van der Waals surface area contributed by atoms with Crippen molar-refractivity contribution in [3.63, 3.8) is 0 Å². The van der Waals surface area contributed by atoms with Crippen LogP contribution in [0.1, 0.15) is 18.1 Å². The zero-order chi connectivity index (χ0) is 13.2. The van der Waals surface area contributed by atoms with Gasteiger partial charge in [0, 0.05) is 5.02 Å². The second-order valence-corrected chi connectivity index (χ2v) is 4.87. The van der Waals surface area contributed by atoms with E-state index in [0.717, 1.165) is 11.1 Å². The fraction of sp³-hybridized carbons (Fsp3) is 0.462. The molecule has 1 aromatic carbocycles. The van der Waals surface area contributed by atoms with E-state index in [-0.39, 0.29) is 12.4 Å². The predicted molar refractivity (Wildman–Crippen MR) is 68.5 cm³/mol. The number of nitrogens with two attached hydrogens (primary N) is 1. The highest BCUT2D eigenvalue weighted by atomic mass is 35.5. The Labute approximate surface area is 111 Å². The van der Waals surface area contributed by atoms with Gasteiger partial charge in [-0.1, -0.05) is 17.7 Å². The molecule has 1 heterocycles. The van der Waals surface area contributed by atoms with Crippen molar-refractivity contribution in [2.24, 2.45) is 5.73 Å². The molecule has 2 N–H and O–H groups in total. The summed E-state index contributed by atoms with van der Waals surface area (Å²) in [6.45, 7) is 3.07. The van der Waals surface area contributed by atoms with E-state index in [4.69, 9.17) is 26.8 Å². The van der Waals surface area contributed by atoms with Crippen molar-refractivity contribution >= 4 is 17.6 Å². The second kappa shape index (κ2) is 5.26. The molecule has 1 aliphatic rings. The Kier molecular flexibility index (Phi) is 3.90. The molecule has 0 spiro atoms. The van der Waals surface area contributed by atoms with Gasteiger partial charge in [-0.2, -0.15) is 0 Å². The molecule has 0 aliphatic carbocycles.